The topological polar surface area (TPSA) is 70.6 Å². The van der Waals surface area contributed by atoms with E-state index in [-0.39, 0.29) is 37.0 Å². The molecule has 1 amide bonds. The first-order valence-corrected chi connectivity index (χ1v) is 11.7. The highest BCUT2D eigenvalue weighted by Crippen LogP contribution is 2.28. The average Bonchev–Trinajstić information content (AvgIpc) is 2.83. The van der Waals surface area contributed by atoms with Crippen LogP contribution in [-0.4, -0.2) is 54.7 Å². The van der Waals surface area contributed by atoms with E-state index in [2.05, 4.69) is 4.98 Å². The summed E-state index contributed by atoms with van der Waals surface area (Å²) in [6.07, 6.45) is 1.66. The molecule has 8 heteroatoms. The first-order chi connectivity index (χ1) is 15.4. The lowest BCUT2D eigenvalue weighted by molar-refractivity contribution is 0.0700. The van der Waals surface area contributed by atoms with E-state index in [4.69, 9.17) is 0 Å². The first kappa shape index (κ1) is 20.5. The Kier molecular flexibility index (Phi) is 5.11. The molecule has 2 heterocycles. The fourth-order valence-electron chi connectivity index (χ4n) is 4.17. The van der Waals surface area contributed by atoms with E-state index >= 15 is 0 Å². The number of hydrogen-bond acceptors (Lipinski definition) is 4. The molecule has 3 aromatic carbocycles. The molecule has 1 saturated heterocycles. The zero-order chi connectivity index (χ0) is 22.3. The van der Waals surface area contributed by atoms with Crippen molar-refractivity contribution in [3.8, 4) is 0 Å². The summed E-state index contributed by atoms with van der Waals surface area (Å²) in [6, 6.07) is 18.5. The van der Waals surface area contributed by atoms with Crippen LogP contribution in [-0.2, 0) is 10.0 Å². The number of carbonyl (C=O) groups is 1. The second-order valence-corrected chi connectivity index (χ2v) is 9.64. The highest BCUT2D eigenvalue weighted by molar-refractivity contribution is 7.89. The lowest BCUT2D eigenvalue weighted by Crippen LogP contribution is -2.50. The van der Waals surface area contributed by atoms with Crippen molar-refractivity contribution in [2.45, 2.75) is 4.90 Å². The van der Waals surface area contributed by atoms with Gasteiger partial charge in [-0.15, -0.1) is 0 Å². The number of benzene rings is 3. The van der Waals surface area contributed by atoms with Gasteiger partial charge in [0, 0.05) is 37.8 Å². The number of carbonyl (C=O) groups excluding carboxylic acids is 1. The first-order valence-electron chi connectivity index (χ1n) is 10.3. The minimum atomic E-state index is -3.82. The maximum atomic E-state index is 13.5. The Labute approximate surface area is 184 Å². The molecule has 0 N–H and O–H groups in total. The van der Waals surface area contributed by atoms with Crippen LogP contribution < -0.4 is 0 Å². The van der Waals surface area contributed by atoms with Crippen LogP contribution in [0.5, 0.6) is 0 Å². The van der Waals surface area contributed by atoms with E-state index in [0.717, 1.165) is 22.2 Å². The Balaban J connectivity index is 1.42. The van der Waals surface area contributed by atoms with Crippen molar-refractivity contribution < 1.29 is 17.6 Å². The molecule has 0 atom stereocenters. The van der Waals surface area contributed by atoms with Crippen molar-refractivity contribution in [2.24, 2.45) is 0 Å². The number of rotatable bonds is 3. The van der Waals surface area contributed by atoms with Crippen LogP contribution in [0.25, 0.3) is 21.7 Å². The standard InChI is InChI=1S/C24H20FN3O3S/c25-18-6-3-7-19(16-18)32(30,31)28-13-11-27(12-14-28)24(29)22-15-17-5-1-2-8-20(17)21-9-4-10-26-23(21)22/h1-10,15-16H,11-14H2. The minimum Gasteiger partial charge on any atom is -0.336 e. The summed E-state index contributed by atoms with van der Waals surface area (Å²) in [5.74, 6) is -0.780. The van der Waals surface area contributed by atoms with Gasteiger partial charge in [0.05, 0.1) is 16.0 Å². The molecule has 6 nitrogen and oxygen atoms in total. The monoisotopic (exact) mass is 449 g/mol. The van der Waals surface area contributed by atoms with Gasteiger partial charge in [0.15, 0.2) is 0 Å². The zero-order valence-corrected chi connectivity index (χ0v) is 17.9. The highest BCUT2D eigenvalue weighted by Gasteiger charge is 2.31. The third-order valence-electron chi connectivity index (χ3n) is 5.80. The number of amides is 1. The van der Waals surface area contributed by atoms with E-state index in [1.54, 1.807) is 11.1 Å². The number of fused-ring (bicyclic) bond motifs is 3. The Bertz CT molecular complexity index is 1450. The van der Waals surface area contributed by atoms with Crippen LogP contribution in [0.15, 0.2) is 77.8 Å². The summed E-state index contributed by atoms with van der Waals surface area (Å²) in [5, 5.41) is 2.88. The van der Waals surface area contributed by atoms with Gasteiger partial charge in [-0.25, -0.2) is 12.8 Å². The zero-order valence-electron chi connectivity index (χ0n) is 17.1. The number of piperazine rings is 1. The van der Waals surface area contributed by atoms with Crippen molar-refractivity contribution in [1.82, 2.24) is 14.2 Å². The van der Waals surface area contributed by atoms with E-state index in [1.807, 2.05) is 42.5 Å². The van der Waals surface area contributed by atoms with E-state index < -0.39 is 15.8 Å². The number of aromatic nitrogens is 1. The molecule has 0 spiro atoms. The normalized spacial score (nSPS) is 15.3. The molecule has 0 unspecified atom stereocenters. The smallest absolute Gasteiger partial charge is 0.256 e. The van der Waals surface area contributed by atoms with Crippen LogP contribution in [0.4, 0.5) is 4.39 Å². The predicted molar refractivity (Wildman–Crippen MR) is 120 cm³/mol. The average molecular weight is 450 g/mol. The molecule has 5 rings (SSSR count). The fourth-order valence-corrected chi connectivity index (χ4v) is 5.62. The van der Waals surface area contributed by atoms with E-state index in [1.165, 1.54) is 22.5 Å². The lowest BCUT2D eigenvalue weighted by atomic mass is 10.00. The summed E-state index contributed by atoms with van der Waals surface area (Å²) in [4.78, 5) is 19.4. The highest BCUT2D eigenvalue weighted by atomic mass is 32.2. The van der Waals surface area contributed by atoms with Crippen LogP contribution >= 0.6 is 0 Å². The van der Waals surface area contributed by atoms with Gasteiger partial charge in [-0.05, 0) is 41.1 Å². The van der Waals surface area contributed by atoms with Crippen LogP contribution in [0.3, 0.4) is 0 Å². The Morgan fingerprint density at radius 1 is 0.875 bits per heavy atom. The largest absolute Gasteiger partial charge is 0.336 e. The molecule has 0 bridgehead atoms. The molecular formula is C24H20FN3O3S. The quantitative estimate of drug-likeness (QED) is 0.448. The SMILES string of the molecule is O=C(c1cc2ccccc2c2cccnc12)N1CCN(S(=O)(=O)c2cccc(F)c2)CC1. The van der Waals surface area contributed by atoms with Gasteiger partial charge in [0.25, 0.3) is 5.91 Å². The molecular weight excluding hydrogens is 429 g/mol. The maximum Gasteiger partial charge on any atom is 0.256 e. The van der Waals surface area contributed by atoms with Crippen molar-refractivity contribution in [3.63, 3.8) is 0 Å². The molecule has 1 aromatic heterocycles. The summed E-state index contributed by atoms with van der Waals surface area (Å²) >= 11 is 0. The van der Waals surface area contributed by atoms with Gasteiger partial charge in [-0.1, -0.05) is 36.4 Å². The van der Waals surface area contributed by atoms with Crippen LogP contribution in [0.1, 0.15) is 10.4 Å². The van der Waals surface area contributed by atoms with Crippen LogP contribution in [0, 0.1) is 5.82 Å². The Hall–Kier alpha value is -3.36. The molecule has 1 aliphatic heterocycles. The number of sulfonamides is 1. The van der Waals surface area contributed by atoms with Gasteiger partial charge < -0.3 is 4.90 Å². The molecule has 32 heavy (non-hydrogen) atoms. The van der Waals surface area contributed by atoms with Gasteiger partial charge in [-0.2, -0.15) is 4.31 Å². The van der Waals surface area contributed by atoms with Crippen molar-refractivity contribution in [3.05, 3.63) is 84.3 Å². The molecule has 4 aromatic rings. The van der Waals surface area contributed by atoms with Crippen molar-refractivity contribution >= 4 is 37.6 Å². The number of pyridine rings is 1. The number of halogens is 1. The predicted octanol–water partition coefficient (Wildman–Crippen LogP) is 3.67. The molecule has 0 radical (unpaired) electrons. The molecule has 1 aliphatic rings. The van der Waals surface area contributed by atoms with Gasteiger partial charge >= 0.3 is 0 Å². The fraction of sp³-hybridized carbons (Fsp3) is 0.167. The number of hydrogen-bond donors (Lipinski definition) is 0. The van der Waals surface area contributed by atoms with Crippen molar-refractivity contribution in [1.29, 1.82) is 0 Å². The molecule has 0 aliphatic carbocycles. The second-order valence-electron chi connectivity index (χ2n) is 7.70. The molecule has 0 saturated carbocycles. The maximum absolute atomic E-state index is 13.5. The minimum absolute atomic E-state index is 0.0815. The van der Waals surface area contributed by atoms with Crippen molar-refractivity contribution in [2.75, 3.05) is 26.2 Å². The molecule has 1 fully saturated rings. The Morgan fingerprint density at radius 2 is 1.62 bits per heavy atom. The lowest BCUT2D eigenvalue weighted by Gasteiger charge is -2.34. The van der Waals surface area contributed by atoms with Gasteiger partial charge in [0.1, 0.15) is 5.82 Å². The summed E-state index contributed by atoms with van der Waals surface area (Å²) in [6.45, 7) is 0.774. The van der Waals surface area contributed by atoms with E-state index in [0.29, 0.717) is 11.1 Å². The van der Waals surface area contributed by atoms with E-state index in [9.17, 15) is 17.6 Å². The number of nitrogens with zero attached hydrogens (tertiary/aromatic N) is 3. The summed E-state index contributed by atoms with van der Waals surface area (Å²) in [7, 11) is -3.82. The van der Waals surface area contributed by atoms with Crippen LogP contribution in [0.2, 0.25) is 0 Å². The Morgan fingerprint density at radius 3 is 2.41 bits per heavy atom. The third-order valence-corrected chi connectivity index (χ3v) is 7.70. The second kappa shape index (κ2) is 7.96. The summed E-state index contributed by atoms with van der Waals surface area (Å²) in [5.41, 5.74) is 1.13. The summed E-state index contributed by atoms with van der Waals surface area (Å²) < 4.78 is 40.5. The molecule has 162 valence electrons. The van der Waals surface area contributed by atoms with Gasteiger partial charge in [0.2, 0.25) is 10.0 Å². The van der Waals surface area contributed by atoms with Gasteiger partial charge in [-0.3, -0.25) is 9.78 Å². The third kappa shape index (κ3) is 3.51.